The Bertz CT molecular complexity index is 1010. The maximum Gasteiger partial charge on any atom is 0.232 e. The first-order valence-corrected chi connectivity index (χ1v) is 9.25. The van der Waals surface area contributed by atoms with E-state index < -0.39 is 15.8 Å². The average Bonchev–Trinajstić information content (AvgIpc) is 3.09. The zero-order valence-corrected chi connectivity index (χ0v) is 14.8. The number of hydrogen-bond donors (Lipinski definition) is 0. The van der Waals surface area contributed by atoms with E-state index in [0.29, 0.717) is 17.5 Å². The van der Waals surface area contributed by atoms with Gasteiger partial charge in [-0.05, 0) is 25.1 Å². The molecule has 1 aromatic carbocycles. The zero-order chi connectivity index (χ0) is 18.2. The van der Waals surface area contributed by atoms with Crippen LogP contribution in [0.2, 0.25) is 0 Å². The molecule has 0 aliphatic rings. The van der Waals surface area contributed by atoms with Crippen LogP contribution in [0.15, 0.2) is 36.5 Å². The van der Waals surface area contributed by atoms with Crippen LogP contribution in [0.25, 0.3) is 5.82 Å². The number of halogens is 1. The SMILES string of the molecule is Cc1nc(CN(c2cccc(F)c2)S(C)(=O)=O)n(-c2ccnn2C)n1. The minimum atomic E-state index is -3.66. The lowest BCUT2D eigenvalue weighted by Crippen LogP contribution is -2.31. The van der Waals surface area contributed by atoms with Crippen LogP contribution in [0.1, 0.15) is 11.6 Å². The van der Waals surface area contributed by atoms with Crippen molar-refractivity contribution in [1.82, 2.24) is 24.5 Å². The molecular formula is C15H17FN6O2S. The highest BCUT2D eigenvalue weighted by Crippen LogP contribution is 2.22. The molecule has 0 saturated heterocycles. The van der Waals surface area contributed by atoms with Crippen molar-refractivity contribution in [3.05, 3.63) is 54.0 Å². The molecule has 2 heterocycles. The van der Waals surface area contributed by atoms with Crippen molar-refractivity contribution in [3.8, 4) is 5.82 Å². The molecule has 0 N–H and O–H groups in total. The predicted molar refractivity (Wildman–Crippen MR) is 90.3 cm³/mol. The number of hydrogen-bond acceptors (Lipinski definition) is 5. The van der Waals surface area contributed by atoms with E-state index in [0.717, 1.165) is 10.6 Å². The Morgan fingerprint density at radius 1 is 1.28 bits per heavy atom. The molecule has 0 aliphatic carbocycles. The van der Waals surface area contributed by atoms with Crippen LogP contribution in [-0.2, 0) is 23.6 Å². The van der Waals surface area contributed by atoms with Crippen molar-refractivity contribution in [1.29, 1.82) is 0 Å². The second kappa shape index (κ2) is 6.28. The smallest absolute Gasteiger partial charge is 0.232 e. The lowest BCUT2D eigenvalue weighted by molar-refractivity contribution is 0.592. The van der Waals surface area contributed by atoms with Crippen molar-refractivity contribution in [3.63, 3.8) is 0 Å². The van der Waals surface area contributed by atoms with E-state index in [9.17, 15) is 12.8 Å². The van der Waals surface area contributed by atoms with Gasteiger partial charge in [0.05, 0.1) is 24.7 Å². The van der Waals surface area contributed by atoms with Gasteiger partial charge in [0, 0.05) is 13.1 Å². The van der Waals surface area contributed by atoms with Gasteiger partial charge in [-0.15, -0.1) is 5.10 Å². The number of benzene rings is 1. The van der Waals surface area contributed by atoms with Gasteiger partial charge in [-0.3, -0.25) is 8.99 Å². The number of aromatic nitrogens is 5. The fraction of sp³-hybridized carbons (Fsp3) is 0.267. The van der Waals surface area contributed by atoms with Crippen LogP contribution >= 0.6 is 0 Å². The molecule has 0 unspecified atom stereocenters. The van der Waals surface area contributed by atoms with Crippen molar-refractivity contribution in [2.45, 2.75) is 13.5 Å². The average molecular weight is 364 g/mol. The zero-order valence-electron chi connectivity index (χ0n) is 14.0. The molecule has 2 aromatic heterocycles. The van der Waals surface area contributed by atoms with Crippen LogP contribution in [0.3, 0.4) is 0 Å². The molecule has 0 bridgehead atoms. The van der Waals surface area contributed by atoms with Crippen molar-refractivity contribution >= 4 is 15.7 Å². The van der Waals surface area contributed by atoms with Crippen LogP contribution < -0.4 is 4.31 Å². The Morgan fingerprint density at radius 2 is 2.04 bits per heavy atom. The Hall–Kier alpha value is -2.75. The molecule has 0 atom stereocenters. The van der Waals surface area contributed by atoms with Crippen molar-refractivity contribution in [2.75, 3.05) is 10.6 Å². The third-order valence-corrected chi connectivity index (χ3v) is 4.71. The van der Waals surface area contributed by atoms with Gasteiger partial charge in [-0.1, -0.05) is 6.07 Å². The van der Waals surface area contributed by atoms with Gasteiger partial charge in [0.25, 0.3) is 0 Å². The highest BCUT2D eigenvalue weighted by atomic mass is 32.2. The minimum Gasteiger partial charge on any atom is -0.263 e. The third-order valence-electron chi connectivity index (χ3n) is 3.57. The fourth-order valence-electron chi connectivity index (χ4n) is 2.48. The lowest BCUT2D eigenvalue weighted by atomic mass is 10.3. The topological polar surface area (TPSA) is 85.9 Å². The Balaban J connectivity index is 2.06. The molecule has 3 aromatic rings. The van der Waals surface area contributed by atoms with E-state index in [1.165, 1.54) is 28.9 Å². The normalized spacial score (nSPS) is 11.7. The number of nitrogens with zero attached hydrogens (tertiary/aromatic N) is 6. The summed E-state index contributed by atoms with van der Waals surface area (Å²) in [4.78, 5) is 4.32. The first kappa shape index (κ1) is 17.1. The summed E-state index contributed by atoms with van der Waals surface area (Å²) in [5, 5.41) is 8.40. The lowest BCUT2D eigenvalue weighted by Gasteiger charge is -2.22. The summed E-state index contributed by atoms with van der Waals surface area (Å²) in [7, 11) is -1.91. The summed E-state index contributed by atoms with van der Waals surface area (Å²) in [5.41, 5.74) is 0.222. The first-order chi connectivity index (χ1) is 11.8. The molecule has 3 rings (SSSR count). The second-order valence-corrected chi connectivity index (χ2v) is 7.46. The van der Waals surface area contributed by atoms with Gasteiger partial charge in [0.2, 0.25) is 10.0 Å². The highest BCUT2D eigenvalue weighted by Gasteiger charge is 2.22. The molecular weight excluding hydrogens is 347 g/mol. The molecule has 0 aliphatic heterocycles. The maximum absolute atomic E-state index is 13.5. The quantitative estimate of drug-likeness (QED) is 0.683. The van der Waals surface area contributed by atoms with E-state index in [2.05, 4.69) is 15.2 Å². The summed E-state index contributed by atoms with van der Waals surface area (Å²) in [6.07, 6.45) is 2.67. The number of aryl methyl sites for hydroxylation is 2. The molecule has 25 heavy (non-hydrogen) atoms. The van der Waals surface area contributed by atoms with Gasteiger partial charge >= 0.3 is 0 Å². The van der Waals surface area contributed by atoms with Crippen molar-refractivity contribution < 1.29 is 12.8 Å². The molecule has 0 fully saturated rings. The number of anilines is 1. The van der Waals surface area contributed by atoms with Gasteiger partial charge in [0.1, 0.15) is 11.6 Å². The van der Waals surface area contributed by atoms with Gasteiger partial charge < -0.3 is 0 Å². The molecule has 8 nitrogen and oxygen atoms in total. The van der Waals surface area contributed by atoms with E-state index in [1.807, 2.05) is 0 Å². The monoisotopic (exact) mass is 364 g/mol. The van der Waals surface area contributed by atoms with Crippen LogP contribution in [0, 0.1) is 12.7 Å². The van der Waals surface area contributed by atoms with Crippen LogP contribution in [0.4, 0.5) is 10.1 Å². The maximum atomic E-state index is 13.5. The molecule has 10 heteroatoms. The molecule has 132 valence electrons. The molecule has 0 spiro atoms. The Kier molecular flexibility index (Phi) is 4.29. The van der Waals surface area contributed by atoms with E-state index in [-0.39, 0.29) is 12.2 Å². The van der Waals surface area contributed by atoms with Crippen molar-refractivity contribution in [2.24, 2.45) is 7.05 Å². The van der Waals surface area contributed by atoms with E-state index in [4.69, 9.17) is 0 Å². The van der Waals surface area contributed by atoms with Gasteiger partial charge in [0.15, 0.2) is 11.6 Å². The summed E-state index contributed by atoms with van der Waals surface area (Å²) < 4.78 is 42.3. The van der Waals surface area contributed by atoms with Gasteiger partial charge in [-0.2, -0.15) is 9.78 Å². The number of rotatable bonds is 5. The summed E-state index contributed by atoms with van der Waals surface area (Å²) in [5.74, 6) is 1.01. The molecule has 0 amide bonds. The fourth-order valence-corrected chi connectivity index (χ4v) is 3.33. The summed E-state index contributed by atoms with van der Waals surface area (Å²) >= 11 is 0. The standard InChI is InChI=1S/C15H17FN6O2S/c1-11-18-14(22(19-11)15-7-8-17-20(15)2)10-21(25(3,23)24)13-6-4-5-12(16)9-13/h4-9H,10H2,1-3H3. The molecule has 0 saturated carbocycles. The van der Waals surface area contributed by atoms with Crippen LogP contribution in [-0.4, -0.2) is 39.2 Å². The second-order valence-electron chi connectivity index (χ2n) is 5.55. The minimum absolute atomic E-state index is 0.0890. The predicted octanol–water partition coefficient (Wildman–Crippen LogP) is 1.41. The Morgan fingerprint density at radius 3 is 2.64 bits per heavy atom. The van der Waals surface area contributed by atoms with Crippen LogP contribution in [0.5, 0.6) is 0 Å². The summed E-state index contributed by atoms with van der Waals surface area (Å²) in [6, 6.07) is 7.15. The Labute approximate surface area is 144 Å². The largest absolute Gasteiger partial charge is 0.263 e. The first-order valence-electron chi connectivity index (χ1n) is 7.40. The van der Waals surface area contributed by atoms with E-state index >= 15 is 0 Å². The highest BCUT2D eigenvalue weighted by molar-refractivity contribution is 7.92. The van der Waals surface area contributed by atoms with Gasteiger partial charge in [-0.25, -0.2) is 17.8 Å². The van der Waals surface area contributed by atoms with E-state index in [1.54, 1.807) is 30.9 Å². The molecule has 0 radical (unpaired) electrons. The third kappa shape index (κ3) is 3.53. The number of sulfonamides is 1. The summed E-state index contributed by atoms with van der Waals surface area (Å²) in [6.45, 7) is 1.62.